The van der Waals surface area contributed by atoms with E-state index < -0.39 is 0 Å². The van der Waals surface area contributed by atoms with Crippen LogP contribution in [-0.2, 0) is 6.54 Å². The fourth-order valence-electron chi connectivity index (χ4n) is 4.05. The largest absolute Gasteiger partial charge is 0.487 e. The number of hydrogen-bond donors (Lipinski definition) is 1. The Morgan fingerprint density at radius 3 is 2.78 bits per heavy atom. The highest BCUT2D eigenvalue weighted by atomic mass is 16.5. The maximum absolute atomic E-state index is 6.49. The maximum atomic E-state index is 6.49. The summed E-state index contributed by atoms with van der Waals surface area (Å²) in [5.74, 6) is 1.07. The average Bonchev–Trinajstić information content (AvgIpc) is 2.61. The highest BCUT2D eigenvalue weighted by Crippen LogP contribution is 2.46. The molecule has 0 amide bonds. The molecule has 2 heterocycles. The van der Waals surface area contributed by atoms with Crippen LogP contribution in [0.25, 0.3) is 0 Å². The van der Waals surface area contributed by atoms with E-state index in [-0.39, 0.29) is 5.60 Å². The normalized spacial score (nSPS) is 22.3. The summed E-state index contributed by atoms with van der Waals surface area (Å²) in [6.07, 6.45) is 11.1. The fraction of sp³-hybridized carbons (Fsp3) is 0.450. The molecule has 1 aromatic heterocycles. The number of rotatable bonds is 3. The van der Waals surface area contributed by atoms with E-state index in [1.54, 1.807) is 0 Å². The summed E-state index contributed by atoms with van der Waals surface area (Å²) in [6.45, 7) is 0.850. The summed E-state index contributed by atoms with van der Waals surface area (Å²) in [7, 11) is 0. The van der Waals surface area contributed by atoms with Gasteiger partial charge < -0.3 is 10.1 Å². The maximum Gasteiger partial charge on any atom is 0.124 e. The van der Waals surface area contributed by atoms with Crippen molar-refractivity contribution in [2.24, 2.45) is 0 Å². The summed E-state index contributed by atoms with van der Waals surface area (Å²) < 4.78 is 6.49. The molecule has 1 aliphatic carbocycles. The number of benzene rings is 1. The number of ether oxygens (including phenoxy) is 1. The number of fused-ring (bicyclic) bond motifs is 1. The number of nitrogens with zero attached hydrogens (tertiary/aromatic N) is 1. The summed E-state index contributed by atoms with van der Waals surface area (Å²) >= 11 is 0. The van der Waals surface area contributed by atoms with E-state index in [2.05, 4.69) is 40.6 Å². The van der Waals surface area contributed by atoms with E-state index in [0.29, 0.717) is 6.04 Å². The fourth-order valence-corrected chi connectivity index (χ4v) is 4.05. The molecule has 1 aliphatic heterocycles. The first-order valence-electron chi connectivity index (χ1n) is 8.75. The van der Waals surface area contributed by atoms with E-state index in [9.17, 15) is 0 Å². The van der Waals surface area contributed by atoms with Crippen molar-refractivity contribution >= 4 is 0 Å². The number of nitrogens with one attached hydrogen (secondary N) is 1. The molecule has 1 N–H and O–H groups in total. The van der Waals surface area contributed by atoms with Gasteiger partial charge in [-0.3, -0.25) is 4.98 Å². The van der Waals surface area contributed by atoms with E-state index >= 15 is 0 Å². The Kier molecular flexibility index (Phi) is 4.04. The first-order chi connectivity index (χ1) is 11.3. The average molecular weight is 308 g/mol. The lowest BCUT2D eigenvalue weighted by molar-refractivity contribution is -0.00290. The van der Waals surface area contributed by atoms with Crippen molar-refractivity contribution in [2.45, 2.75) is 56.7 Å². The van der Waals surface area contributed by atoms with Gasteiger partial charge >= 0.3 is 0 Å². The van der Waals surface area contributed by atoms with Crippen LogP contribution in [0.5, 0.6) is 5.75 Å². The molecule has 120 valence electrons. The van der Waals surface area contributed by atoms with Gasteiger partial charge in [-0.25, -0.2) is 0 Å². The topological polar surface area (TPSA) is 34.2 Å². The summed E-state index contributed by atoms with van der Waals surface area (Å²) in [6, 6.07) is 13.0. The van der Waals surface area contributed by atoms with Crippen molar-refractivity contribution in [3.8, 4) is 5.75 Å². The first kappa shape index (κ1) is 14.7. The zero-order chi connectivity index (χ0) is 15.5. The molecule has 23 heavy (non-hydrogen) atoms. The molecule has 3 nitrogen and oxygen atoms in total. The van der Waals surface area contributed by atoms with Crippen LogP contribution in [0.4, 0.5) is 0 Å². The predicted molar refractivity (Wildman–Crippen MR) is 91.3 cm³/mol. The Hall–Kier alpha value is -1.87. The van der Waals surface area contributed by atoms with Crippen molar-refractivity contribution in [1.29, 1.82) is 0 Å². The summed E-state index contributed by atoms with van der Waals surface area (Å²) in [5.41, 5.74) is 2.57. The van der Waals surface area contributed by atoms with Gasteiger partial charge in [-0.1, -0.05) is 30.7 Å². The highest BCUT2D eigenvalue weighted by molar-refractivity contribution is 5.39. The molecule has 1 saturated carbocycles. The second-order valence-corrected chi connectivity index (χ2v) is 6.88. The summed E-state index contributed by atoms with van der Waals surface area (Å²) in [4.78, 5) is 4.21. The third kappa shape index (κ3) is 3.11. The first-order valence-corrected chi connectivity index (χ1v) is 8.75. The van der Waals surface area contributed by atoms with Crippen molar-refractivity contribution < 1.29 is 4.74 Å². The number of aromatic nitrogens is 1. The lowest BCUT2D eigenvalue weighted by atomic mass is 9.77. The molecule has 2 aliphatic rings. The molecule has 2 aromatic rings. The molecule has 4 rings (SSSR count). The van der Waals surface area contributed by atoms with E-state index in [4.69, 9.17) is 4.74 Å². The third-order valence-corrected chi connectivity index (χ3v) is 5.24. The minimum atomic E-state index is 0.0409. The zero-order valence-electron chi connectivity index (χ0n) is 13.5. The van der Waals surface area contributed by atoms with Crippen LogP contribution in [-0.4, -0.2) is 10.6 Å². The van der Waals surface area contributed by atoms with Gasteiger partial charge in [0.05, 0.1) is 0 Å². The number of para-hydroxylation sites is 1. The van der Waals surface area contributed by atoms with Gasteiger partial charge in [-0.2, -0.15) is 0 Å². The SMILES string of the molecule is c1cncc(CNC2CC3(CCCCC3)Oc3ccccc32)c1. The van der Waals surface area contributed by atoms with Crippen molar-refractivity contribution in [3.63, 3.8) is 0 Å². The van der Waals surface area contributed by atoms with E-state index in [1.807, 2.05) is 18.5 Å². The second-order valence-electron chi connectivity index (χ2n) is 6.88. The van der Waals surface area contributed by atoms with Crippen LogP contribution in [0.15, 0.2) is 48.8 Å². The van der Waals surface area contributed by atoms with Crippen molar-refractivity contribution in [1.82, 2.24) is 10.3 Å². The molecule has 1 unspecified atom stereocenters. The van der Waals surface area contributed by atoms with Crippen LogP contribution in [0.1, 0.15) is 55.7 Å². The predicted octanol–water partition coefficient (Wildman–Crippen LogP) is 4.40. The summed E-state index contributed by atoms with van der Waals surface area (Å²) in [5, 5.41) is 3.75. The van der Waals surface area contributed by atoms with E-state index in [0.717, 1.165) is 18.7 Å². The van der Waals surface area contributed by atoms with Gasteiger partial charge in [0, 0.05) is 37.0 Å². The Morgan fingerprint density at radius 1 is 1.09 bits per heavy atom. The van der Waals surface area contributed by atoms with Crippen molar-refractivity contribution in [3.05, 3.63) is 59.9 Å². The molecule has 1 fully saturated rings. The smallest absolute Gasteiger partial charge is 0.124 e. The Bertz CT molecular complexity index is 650. The zero-order valence-corrected chi connectivity index (χ0v) is 13.5. The van der Waals surface area contributed by atoms with Crippen LogP contribution in [0.3, 0.4) is 0 Å². The quantitative estimate of drug-likeness (QED) is 0.912. The molecule has 1 aromatic carbocycles. The molecule has 0 radical (unpaired) electrons. The Morgan fingerprint density at radius 2 is 1.96 bits per heavy atom. The molecule has 3 heteroatoms. The second kappa shape index (κ2) is 6.32. The molecule has 0 bridgehead atoms. The van der Waals surface area contributed by atoms with Gasteiger partial charge in [-0.15, -0.1) is 0 Å². The standard InChI is InChI=1S/C20H24N2O/c1-4-10-20(11-5-1)13-18(17-8-2-3-9-19(17)23-20)22-15-16-7-6-12-21-14-16/h2-3,6-9,12,14,18,22H,1,4-5,10-11,13,15H2. The molecule has 1 atom stereocenters. The lowest BCUT2D eigenvalue weighted by Gasteiger charge is -2.44. The van der Waals surface area contributed by atoms with Gasteiger partial charge in [0.1, 0.15) is 11.4 Å². The lowest BCUT2D eigenvalue weighted by Crippen LogP contribution is -2.45. The van der Waals surface area contributed by atoms with E-state index in [1.165, 1.54) is 43.2 Å². The molecular formula is C20H24N2O. The Labute approximate surface area is 138 Å². The van der Waals surface area contributed by atoms with Crippen LogP contribution in [0, 0.1) is 0 Å². The number of pyridine rings is 1. The minimum absolute atomic E-state index is 0.0409. The van der Waals surface area contributed by atoms with Crippen LogP contribution >= 0.6 is 0 Å². The van der Waals surface area contributed by atoms with Crippen LogP contribution in [0.2, 0.25) is 0 Å². The third-order valence-electron chi connectivity index (χ3n) is 5.24. The van der Waals surface area contributed by atoms with Gasteiger partial charge in [0.15, 0.2) is 0 Å². The molecule has 0 saturated heterocycles. The van der Waals surface area contributed by atoms with Crippen molar-refractivity contribution in [2.75, 3.05) is 0 Å². The molecular weight excluding hydrogens is 284 g/mol. The van der Waals surface area contributed by atoms with Gasteiger partial charge in [0.25, 0.3) is 0 Å². The van der Waals surface area contributed by atoms with Gasteiger partial charge in [0.2, 0.25) is 0 Å². The monoisotopic (exact) mass is 308 g/mol. The minimum Gasteiger partial charge on any atom is -0.487 e. The van der Waals surface area contributed by atoms with Gasteiger partial charge in [-0.05, 0) is 43.4 Å². The Balaban J connectivity index is 1.56. The van der Waals surface area contributed by atoms with Crippen LogP contribution < -0.4 is 10.1 Å². The highest BCUT2D eigenvalue weighted by Gasteiger charge is 2.41. The number of hydrogen-bond acceptors (Lipinski definition) is 3. The molecule has 1 spiro atoms.